The molecule has 1 heterocycles. The van der Waals surface area contributed by atoms with E-state index in [1.165, 1.54) is 6.21 Å². The zero-order valence-corrected chi connectivity index (χ0v) is 5.83. The molecule has 3 nitrogen and oxygen atoms in total. The van der Waals surface area contributed by atoms with Gasteiger partial charge in [-0.15, -0.1) is 0 Å². The van der Waals surface area contributed by atoms with E-state index in [2.05, 4.69) is 11.7 Å². The van der Waals surface area contributed by atoms with Crippen molar-refractivity contribution in [3.05, 3.63) is 24.0 Å². The van der Waals surface area contributed by atoms with E-state index < -0.39 is 0 Å². The highest BCUT2D eigenvalue weighted by molar-refractivity contribution is 5.77. The molecule has 0 aliphatic rings. The molecule has 3 heteroatoms. The minimum absolute atomic E-state index is 0.787. The Hall–Kier alpha value is -1.38. The molecule has 0 fully saturated rings. The van der Waals surface area contributed by atoms with Gasteiger partial charge in [-0.1, -0.05) is 6.58 Å². The molecular formula is C7H9N3. The summed E-state index contributed by atoms with van der Waals surface area (Å²) in [7, 11) is 0. The van der Waals surface area contributed by atoms with Gasteiger partial charge >= 0.3 is 0 Å². The van der Waals surface area contributed by atoms with Gasteiger partial charge < -0.3 is 5.41 Å². The van der Waals surface area contributed by atoms with Crippen LogP contribution < -0.4 is 0 Å². The third-order valence-corrected chi connectivity index (χ3v) is 1.34. The maximum Gasteiger partial charge on any atom is 0.0865 e. The van der Waals surface area contributed by atoms with Crippen molar-refractivity contribution in [1.29, 1.82) is 5.41 Å². The zero-order chi connectivity index (χ0) is 7.56. The third kappa shape index (κ3) is 0.857. The second kappa shape index (κ2) is 2.47. The van der Waals surface area contributed by atoms with Crippen molar-refractivity contribution in [1.82, 2.24) is 9.78 Å². The summed E-state index contributed by atoms with van der Waals surface area (Å²) in [6.07, 6.45) is 4.56. The average Bonchev–Trinajstić information content (AvgIpc) is 2.30. The van der Waals surface area contributed by atoms with E-state index in [9.17, 15) is 0 Å². The summed E-state index contributed by atoms with van der Waals surface area (Å²) in [4.78, 5) is 0. The second-order valence-corrected chi connectivity index (χ2v) is 1.98. The van der Waals surface area contributed by atoms with Gasteiger partial charge in [-0.25, -0.2) is 4.68 Å². The molecule has 0 amide bonds. The van der Waals surface area contributed by atoms with E-state index in [1.54, 1.807) is 17.1 Å². The van der Waals surface area contributed by atoms with Crippen LogP contribution in [0.3, 0.4) is 0 Å². The molecule has 1 rings (SSSR count). The summed E-state index contributed by atoms with van der Waals surface area (Å²) in [5.41, 5.74) is 1.78. The normalized spacial score (nSPS) is 9.30. The monoisotopic (exact) mass is 135 g/mol. The molecule has 0 radical (unpaired) electrons. The fourth-order valence-corrected chi connectivity index (χ4v) is 0.783. The molecule has 1 N–H and O–H groups in total. The molecule has 0 spiro atoms. The number of nitrogens with one attached hydrogen (secondary N) is 1. The Balaban J connectivity index is 3.25. The van der Waals surface area contributed by atoms with Gasteiger partial charge in [0.05, 0.1) is 11.9 Å². The Bertz CT molecular complexity index is 260. The van der Waals surface area contributed by atoms with E-state index in [1.807, 2.05) is 6.92 Å². The van der Waals surface area contributed by atoms with Crippen LogP contribution in [0.4, 0.5) is 0 Å². The molecule has 0 aliphatic heterocycles. The van der Waals surface area contributed by atoms with E-state index in [0.29, 0.717) is 0 Å². The standard InChI is InChI=1S/C7H9N3/c1-3-10-7(4-8)6(2)5-9-10/h3-5,8H,1H2,2H3. The molecule has 0 unspecified atom stereocenters. The lowest BCUT2D eigenvalue weighted by atomic mass is 10.3. The topological polar surface area (TPSA) is 41.7 Å². The van der Waals surface area contributed by atoms with Crippen LogP contribution in [0, 0.1) is 12.3 Å². The van der Waals surface area contributed by atoms with Crippen molar-refractivity contribution in [2.45, 2.75) is 6.92 Å². The Morgan fingerprint density at radius 2 is 2.50 bits per heavy atom. The second-order valence-electron chi connectivity index (χ2n) is 1.98. The number of rotatable bonds is 2. The smallest absolute Gasteiger partial charge is 0.0865 e. The molecule has 0 saturated heterocycles. The molecule has 0 saturated carbocycles. The lowest BCUT2D eigenvalue weighted by Gasteiger charge is -1.93. The first kappa shape index (κ1) is 6.74. The van der Waals surface area contributed by atoms with Crippen LogP contribution in [-0.2, 0) is 0 Å². The Kier molecular flexibility index (Phi) is 1.67. The fraction of sp³-hybridized carbons (Fsp3) is 0.143. The highest BCUT2D eigenvalue weighted by Crippen LogP contribution is 2.02. The minimum Gasteiger partial charge on any atom is -0.306 e. The maximum absolute atomic E-state index is 7.01. The van der Waals surface area contributed by atoms with E-state index in [4.69, 9.17) is 5.41 Å². The molecule has 1 aromatic rings. The molecule has 1 aromatic heterocycles. The summed E-state index contributed by atoms with van der Waals surface area (Å²) in [5.74, 6) is 0. The lowest BCUT2D eigenvalue weighted by Crippen LogP contribution is -1.94. The van der Waals surface area contributed by atoms with E-state index in [-0.39, 0.29) is 0 Å². The van der Waals surface area contributed by atoms with Gasteiger partial charge in [0.15, 0.2) is 0 Å². The van der Waals surface area contributed by atoms with Crippen LogP contribution in [0.5, 0.6) is 0 Å². The summed E-state index contributed by atoms with van der Waals surface area (Å²) < 4.78 is 1.57. The van der Waals surface area contributed by atoms with Crippen LogP contribution in [0.15, 0.2) is 12.8 Å². The van der Waals surface area contributed by atoms with Crippen molar-refractivity contribution >= 4 is 12.4 Å². The predicted octanol–water partition coefficient (Wildman–Crippen LogP) is 1.29. The Labute approximate surface area is 59.5 Å². The first-order valence-corrected chi connectivity index (χ1v) is 2.96. The van der Waals surface area contributed by atoms with Crippen molar-refractivity contribution in [3.8, 4) is 0 Å². The van der Waals surface area contributed by atoms with Gasteiger partial charge in [-0.3, -0.25) is 0 Å². The van der Waals surface area contributed by atoms with Crippen LogP contribution >= 0.6 is 0 Å². The first-order chi connectivity index (χ1) is 4.79. The summed E-state index contributed by atoms with van der Waals surface area (Å²) in [6, 6.07) is 0. The molecule has 0 aliphatic carbocycles. The first-order valence-electron chi connectivity index (χ1n) is 2.96. The van der Waals surface area contributed by atoms with Crippen molar-refractivity contribution in [2.75, 3.05) is 0 Å². The van der Waals surface area contributed by atoms with Crippen LogP contribution in [-0.4, -0.2) is 16.0 Å². The molecule has 0 aromatic carbocycles. The van der Waals surface area contributed by atoms with Crippen LogP contribution in [0.2, 0.25) is 0 Å². The van der Waals surface area contributed by atoms with Gasteiger partial charge in [0.25, 0.3) is 0 Å². The van der Waals surface area contributed by atoms with E-state index in [0.717, 1.165) is 11.3 Å². The number of aryl methyl sites for hydroxylation is 1. The fourth-order valence-electron chi connectivity index (χ4n) is 0.783. The average molecular weight is 135 g/mol. The third-order valence-electron chi connectivity index (χ3n) is 1.34. The van der Waals surface area contributed by atoms with Crippen LogP contribution in [0.25, 0.3) is 6.20 Å². The molecular weight excluding hydrogens is 126 g/mol. The van der Waals surface area contributed by atoms with E-state index >= 15 is 0 Å². The van der Waals surface area contributed by atoms with Gasteiger partial charge in [0, 0.05) is 12.4 Å². The highest BCUT2D eigenvalue weighted by Gasteiger charge is 1.99. The van der Waals surface area contributed by atoms with Gasteiger partial charge in [0.1, 0.15) is 0 Å². The number of nitrogens with zero attached hydrogens (tertiary/aromatic N) is 2. The summed E-state index contributed by atoms with van der Waals surface area (Å²) in [5, 5.41) is 11.0. The Morgan fingerprint density at radius 1 is 1.80 bits per heavy atom. The molecule has 10 heavy (non-hydrogen) atoms. The van der Waals surface area contributed by atoms with Crippen molar-refractivity contribution < 1.29 is 0 Å². The Morgan fingerprint density at radius 3 is 2.90 bits per heavy atom. The largest absolute Gasteiger partial charge is 0.306 e. The molecule has 52 valence electrons. The quantitative estimate of drug-likeness (QED) is 0.610. The summed E-state index contributed by atoms with van der Waals surface area (Å²) >= 11 is 0. The number of hydrogen-bond donors (Lipinski definition) is 1. The maximum atomic E-state index is 7.01. The number of aromatic nitrogens is 2. The van der Waals surface area contributed by atoms with Crippen molar-refractivity contribution in [2.24, 2.45) is 0 Å². The van der Waals surface area contributed by atoms with Gasteiger partial charge in [-0.05, 0) is 12.5 Å². The molecule has 0 bridgehead atoms. The zero-order valence-electron chi connectivity index (χ0n) is 5.83. The van der Waals surface area contributed by atoms with Crippen molar-refractivity contribution in [3.63, 3.8) is 0 Å². The number of hydrogen-bond acceptors (Lipinski definition) is 2. The SMILES string of the molecule is C=Cn1ncc(C)c1C=N. The highest BCUT2D eigenvalue weighted by atomic mass is 15.3. The van der Waals surface area contributed by atoms with Gasteiger partial charge in [0.2, 0.25) is 0 Å². The summed E-state index contributed by atoms with van der Waals surface area (Å²) in [6.45, 7) is 5.46. The van der Waals surface area contributed by atoms with Crippen LogP contribution in [0.1, 0.15) is 11.3 Å². The molecule has 0 atom stereocenters. The predicted molar refractivity (Wildman–Crippen MR) is 41.2 cm³/mol. The lowest BCUT2D eigenvalue weighted by molar-refractivity contribution is 0.928. The minimum atomic E-state index is 0.787. The van der Waals surface area contributed by atoms with Gasteiger partial charge in [-0.2, -0.15) is 5.10 Å².